The molecule has 1 N–H and O–H groups in total. The van der Waals surface area contributed by atoms with Crippen molar-refractivity contribution in [2.24, 2.45) is 0 Å². The van der Waals surface area contributed by atoms with Gasteiger partial charge in [0, 0.05) is 5.56 Å². The fourth-order valence-electron chi connectivity index (χ4n) is 4.04. The fraction of sp³-hybridized carbons (Fsp3) is 0.231. The number of nitrogens with zero attached hydrogens (tertiary/aromatic N) is 2. The minimum absolute atomic E-state index is 0.0559. The third-order valence-electron chi connectivity index (χ3n) is 5.89. The Morgan fingerprint density at radius 3 is 2.34 bits per heavy atom. The van der Waals surface area contributed by atoms with Crippen molar-refractivity contribution in [2.45, 2.75) is 26.8 Å². The summed E-state index contributed by atoms with van der Waals surface area (Å²) in [5.41, 5.74) is 3.03. The molecule has 35 heavy (non-hydrogen) atoms. The summed E-state index contributed by atoms with van der Waals surface area (Å²) in [7, 11) is 2.80. The first-order chi connectivity index (χ1) is 16.7. The Morgan fingerprint density at radius 1 is 1.06 bits per heavy atom. The lowest BCUT2D eigenvalue weighted by Gasteiger charge is -2.23. The van der Waals surface area contributed by atoms with Gasteiger partial charge in [0.1, 0.15) is 16.4 Å². The molecule has 2 aromatic carbocycles. The van der Waals surface area contributed by atoms with Crippen LogP contribution in [0, 0.1) is 20.8 Å². The smallest absolute Gasteiger partial charge is 0.350 e. The van der Waals surface area contributed by atoms with Gasteiger partial charge in [0.15, 0.2) is 5.13 Å². The molecule has 0 radical (unpaired) electrons. The second-order valence-corrected chi connectivity index (χ2v) is 9.14. The molecule has 0 unspecified atom stereocenters. The lowest BCUT2D eigenvalue weighted by Crippen LogP contribution is -2.29. The Morgan fingerprint density at radius 2 is 1.74 bits per heavy atom. The number of ketones is 1. The number of carbonyl (C=O) groups is 3. The van der Waals surface area contributed by atoms with Crippen molar-refractivity contribution in [2.75, 3.05) is 19.1 Å². The lowest BCUT2D eigenvalue weighted by molar-refractivity contribution is -0.132. The van der Waals surface area contributed by atoms with Gasteiger partial charge in [-0.3, -0.25) is 14.5 Å². The van der Waals surface area contributed by atoms with E-state index in [9.17, 15) is 19.5 Å². The van der Waals surface area contributed by atoms with E-state index in [0.29, 0.717) is 28.1 Å². The zero-order chi connectivity index (χ0) is 25.4. The molecule has 3 aromatic rings. The molecule has 4 rings (SSSR count). The molecule has 180 valence electrons. The molecular formula is C26H24N2O6S. The summed E-state index contributed by atoms with van der Waals surface area (Å²) in [4.78, 5) is 44.7. The zero-order valence-corrected chi connectivity index (χ0v) is 20.7. The average Bonchev–Trinajstić information content (AvgIpc) is 3.35. The van der Waals surface area contributed by atoms with Crippen LogP contribution in [-0.2, 0) is 14.3 Å². The van der Waals surface area contributed by atoms with Crippen molar-refractivity contribution < 1.29 is 29.0 Å². The van der Waals surface area contributed by atoms with Crippen molar-refractivity contribution in [3.8, 4) is 5.75 Å². The normalized spacial score (nSPS) is 17.1. The Bertz CT molecular complexity index is 1370. The molecule has 0 bridgehead atoms. The number of aliphatic hydroxyl groups excluding tert-OH is 1. The van der Waals surface area contributed by atoms with Gasteiger partial charge in [0.2, 0.25) is 0 Å². The number of thiazole rings is 1. The molecule has 1 amide bonds. The second kappa shape index (κ2) is 9.34. The second-order valence-electron chi connectivity index (χ2n) is 8.16. The van der Waals surface area contributed by atoms with Crippen LogP contribution in [0.25, 0.3) is 5.76 Å². The van der Waals surface area contributed by atoms with Crippen LogP contribution in [0.5, 0.6) is 5.75 Å². The number of aliphatic hydroxyl groups is 1. The Labute approximate surface area is 206 Å². The third-order valence-corrected chi connectivity index (χ3v) is 7.03. The Hall–Kier alpha value is -3.98. The maximum Gasteiger partial charge on any atom is 0.350 e. The molecule has 1 fully saturated rings. The molecule has 1 aliphatic rings. The number of ether oxygens (including phenoxy) is 2. The molecule has 9 heteroatoms. The SMILES string of the molecule is COC(=O)c1sc(N2C(=O)C(=O)C(=C(O)c3ccc(OC)cc3C)[C@@H]2c2ccc(C)cc2)nc1C. The standard InChI is InChI=1S/C26H24N2O6S/c1-13-6-8-16(9-7-13)20-19(21(29)18-11-10-17(33-4)12-14(18)2)22(30)24(31)28(20)26-27-15(3)23(35-26)25(32)34-5/h6-12,20,29H,1-5H3/t20-/m0/s1. The number of anilines is 1. The molecular weight excluding hydrogens is 468 g/mol. The highest BCUT2D eigenvalue weighted by molar-refractivity contribution is 7.17. The van der Waals surface area contributed by atoms with E-state index in [-0.39, 0.29) is 21.3 Å². The minimum Gasteiger partial charge on any atom is -0.507 e. The van der Waals surface area contributed by atoms with Crippen LogP contribution >= 0.6 is 11.3 Å². The predicted molar refractivity (Wildman–Crippen MR) is 132 cm³/mol. The van der Waals surface area contributed by atoms with Crippen molar-refractivity contribution in [1.82, 2.24) is 4.98 Å². The highest BCUT2D eigenvalue weighted by Gasteiger charge is 2.48. The van der Waals surface area contributed by atoms with Crippen LogP contribution in [0.15, 0.2) is 48.0 Å². The molecule has 1 saturated heterocycles. The summed E-state index contributed by atoms with van der Waals surface area (Å²) in [6.45, 7) is 5.33. The summed E-state index contributed by atoms with van der Waals surface area (Å²) in [6.07, 6.45) is 0. The van der Waals surface area contributed by atoms with Crippen LogP contribution in [0.4, 0.5) is 5.13 Å². The van der Waals surface area contributed by atoms with Crippen molar-refractivity contribution in [1.29, 1.82) is 0 Å². The molecule has 1 atom stereocenters. The largest absolute Gasteiger partial charge is 0.507 e. The maximum absolute atomic E-state index is 13.3. The van der Waals surface area contributed by atoms with E-state index in [0.717, 1.165) is 16.9 Å². The van der Waals surface area contributed by atoms with E-state index < -0.39 is 23.7 Å². The van der Waals surface area contributed by atoms with Crippen LogP contribution in [0.3, 0.4) is 0 Å². The highest BCUT2D eigenvalue weighted by Crippen LogP contribution is 2.44. The highest BCUT2D eigenvalue weighted by atomic mass is 32.1. The minimum atomic E-state index is -0.937. The number of esters is 1. The molecule has 2 heterocycles. The number of aryl methyl sites for hydroxylation is 3. The number of carbonyl (C=O) groups excluding carboxylic acids is 3. The van der Waals surface area contributed by atoms with Gasteiger partial charge in [0.25, 0.3) is 5.78 Å². The average molecular weight is 493 g/mol. The molecule has 0 aliphatic carbocycles. The number of methoxy groups -OCH3 is 2. The van der Waals surface area contributed by atoms with E-state index in [4.69, 9.17) is 9.47 Å². The number of benzene rings is 2. The topological polar surface area (TPSA) is 106 Å². The number of hydrogen-bond acceptors (Lipinski definition) is 8. The first-order valence-electron chi connectivity index (χ1n) is 10.8. The van der Waals surface area contributed by atoms with E-state index in [2.05, 4.69) is 4.98 Å². The third kappa shape index (κ3) is 4.19. The van der Waals surface area contributed by atoms with E-state index in [1.165, 1.54) is 19.1 Å². The summed E-state index contributed by atoms with van der Waals surface area (Å²) >= 11 is 0.961. The number of hydrogen-bond donors (Lipinski definition) is 1. The van der Waals surface area contributed by atoms with Gasteiger partial charge in [-0.25, -0.2) is 9.78 Å². The van der Waals surface area contributed by atoms with Gasteiger partial charge in [-0.05, 0) is 50.1 Å². The molecule has 0 saturated carbocycles. The first kappa shape index (κ1) is 24.2. The molecule has 1 aromatic heterocycles. The van der Waals surface area contributed by atoms with Crippen molar-refractivity contribution in [3.63, 3.8) is 0 Å². The predicted octanol–water partition coefficient (Wildman–Crippen LogP) is 4.49. The Balaban J connectivity index is 1.94. The van der Waals surface area contributed by atoms with Gasteiger partial charge in [-0.2, -0.15) is 0 Å². The van der Waals surface area contributed by atoms with Crippen LogP contribution in [-0.4, -0.2) is 42.0 Å². The first-order valence-corrected chi connectivity index (χ1v) is 11.6. The summed E-state index contributed by atoms with van der Waals surface area (Å²) in [6, 6.07) is 11.4. The number of rotatable bonds is 5. The monoisotopic (exact) mass is 492 g/mol. The van der Waals surface area contributed by atoms with Gasteiger partial charge >= 0.3 is 11.9 Å². The number of Topliss-reactive ketones (excluding diaryl/α,β-unsaturated/α-hetero) is 1. The number of amides is 1. The Kier molecular flexibility index (Phi) is 6.45. The summed E-state index contributed by atoms with van der Waals surface area (Å²) in [5.74, 6) is -1.95. The van der Waals surface area contributed by atoms with E-state index >= 15 is 0 Å². The summed E-state index contributed by atoms with van der Waals surface area (Å²) in [5, 5.41) is 11.5. The van der Waals surface area contributed by atoms with Crippen LogP contribution in [0.2, 0.25) is 0 Å². The number of aromatic nitrogens is 1. The van der Waals surface area contributed by atoms with E-state index in [1.54, 1.807) is 44.2 Å². The summed E-state index contributed by atoms with van der Waals surface area (Å²) < 4.78 is 10.1. The van der Waals surface area contributed by atoms with Crippen LogP contribution in [0.1, 0.15) is 43.7 Å². The van der Waals surface area contributed by atoms with Gasteiger partial charge in [-0.1, -0.05) is 41.2 Å². The molecule has 8 nitrogen and oxygen atoms in total. The molecule has 1 aliphatic heterocycles. The van der Waals surface area contributed by atoms with Gasteiger partial charge in [-0.15, -0.1) is 0 Å². The fourth-order valence-corrected chi connectivity index (χ4v) is 5.05. The molecule has 0 spiro atoms. The lowest BCUT2D eigenvalue weighted by atomic mass is 9.93. The maximum atomic E-state index is 13.3. The quantitative estimate of drug-likeness (QED) is 0.242. The van der Waals surface area contributed by atoms with Gasteiger partial charge < -0.3 is 14.6 Å². The van der Waals surface area contributed by atoms with Crippen molar-refractivity contribution >= 4 is 39.9 Å². The van der Waals surface area contributed by atoms with Crippen LogP contribution < -0.4 is 9.64 Å². The van der Waals surface area contributed by atoms with E-state index in [1.807, 2.05) is 19.1 Å². The zero-order valence-electron chi connectivity index (χ0n) is 19.9. The van der Waals surface area contributed by atoms with Gasteiger partial charge in [0.05, 0.1) is 31.5 Å². The van der Waals surface area contributed by atoms with Crippen molar-refractivity contribution in [3.05, 3.63) is 80.9 Å².